The van der Waals surface area contributed by atoms with Gasteiger partial charge in [0.1, 0.15) is 11.8 Å². The quantitative estimate of drug-likeness (QED) is 0.407. The van der Waals surface area contributed by atoms with E-state index >= 15 is 0 Å². The lowest BCUT2D eigenvalue weighted by Crippen LogP contribution is -2.00. The van der Waals surface area contributed by atoms with Crippen molar-refractivity contribution in [2.75, 3.05) is 0 Å². The molecule has 0 bridgehead atoms. The van der Waals surface area contributed by atoms with E-state index < -0.39 is 0 Å². The van der Waals surface area contributed by atoms with Gasteiger partial charge >= 0.3 is 0 Å². The SMILES string of the molecule is N#Cc1ccnc(C#N)c1-c1ccccc1-n1c2ccccc2c2ccccc21. The summed E-state index contributed by atoms with van der Waals surface area (Å²) in [6.45, 7) is 0. The van der Waals surface area contributed by atoms with Crippen molar-refractivity contribution < 1.29 is 0 Å². The number of hydrogen-bond acceptors (Lipinski definition) is 3. The number of nitriles is 2. The van der Waals surface area contributed by atoms with Crippen LogP contribution in [0.5, 0.6) is 0 Å². The molecule has 2 heterocycles. The smallest absolute Gasteiger partial charge is 0.149 e. The highest BCUT2D eigenvalue weighted by molar-refractivity contribution is 6.09. The second kappa shape index (κ2) is 6.64. The Bertz CT molecular complexity index is 1390. The second-order valence-corrected chi connectivity index (χ2v) is 6.69. The van der Waals surface area contributed by atoms with Crippen LogP contribution >= 0.6 is 0 Å². The van der Waals surface area contributed by atoms with Crippen molar-refractivity contribution in [3.8, 4) is 29.0 Å². The molecule has 4 heteroatoms. The van der Waals surface area contributed by atoms with E-state index in [1.165, 1.54) is 6.20 Å². The van der Waals surface area contributed by atoms with Gasteiger partial charge in [-0.2, -0.15) is 10.5 Å². The first kappa shape index (κ1) is 16.7. The maximum Gasteiger partial charge on any atom is 0.149 e. The van der Waals surface area contributed by atoms with Gasteiger partial charge in [-0.3, -0.25) is 0 Å². The topological polar surface area (TPSA) is 65.4 Å². The molecule has 0 unspecified atom stereocenters. The number of fused-ring (bicyclic) bond motifs is 3. The first-order valence-electron chi connectivity index (χ1n) is 9.20. The van der Waals surface area contributed by atoms with Crippen LogP contribution in [0.2, 0.25) is 0 Å². The van der Waals surface area contributed by atoms with Crippen LogP contribution in [0, 0.1) is 22.7 Å². The predicted octanol–water partition coefficient (Wildman–Crippen LogP) is 5.59. The van der Waals surface area contributed by atoms with Crippen molar-refractivity contribution in [1.29, 1.82) is 10.5 Å². The average Bonchev–Trinajstić information content (AvgIpc) is 3.13. The maximum absolute atomic E-state index is 9.67. The van der Waals surface area contributed by atoms with E-state index in [2.05, 4.69) is 46.0 Å². The number of pyridine rings is 1. The summed E-state index contributed by atoms with van der Waals surface area (Å²) < 4.78 is 2.19. The van der Waals surface area contributed by atoms with Crippen molar-refractivity contribution in [1.82, 2.24) is 9.55 Å². The molecule has 0 fully saturated rings. The Hall–Kier alpha value is -4.41. The van der Waals surface area contributed by atoms with Crippen LogP contribution in [0.1, 0.15) is 11.3 Å². The molecule has 0 N–H and O–H groups in total. The minimum absolute atomic E-state index is 0.247. The van der Waals surface area contributed by atoms with Gasteiger partial charge in [0.25, 0.3) is 0 Å². The molecule has 29 heavy (non-hydrogen) atoms. The summed E-state index contributed by atoms with van der Waals surface area (Å²) in [5.74, 6) is 0. The van der Waals surface area contributed by atoms with Gasteiger partial charge in [-0.15, -0.1) is 0 Å². The Balaban J connectivity index is 1.94. The summed E-state index contributed by atoms with van der Waals surface area (Å²) in [4.78, 5) is 4.21. The first-order chi connectivity index (χ1) is 14.3. The molecule has 0 aliphatic rings. The van der Waals surface area contributed by atoms with Crippen molar-refractivity contribution in [3.63, 3.8) is 0 Å². The van der Waals surface area contributed by atoms with Gasteiger partial charge in [0, 0.05) is 28.1 Å². The number of rotatable bonds is 2. The first-order valence-corrected chi connectivity index (χ1v) is 9.20. The lowest BCUT2D eigenvalue weighted by Gasteiger charge is -2.15. The van der Waals surface area contributed by atoms with Crippen LogP contribution in [0.25, 0.3) is 38.6 Å². The molecule has 0 aliphatic carbocycles. The van der Waals surface area contributed by atoms with E-state index in [1.54, 1.807) is 6.07 Å². The fourth-order valence-corrected chi connectivity index (χ4v) is 3.97. The molecule has 5 rings (SSSR count). The van der Waals surface area contributed by atoms with Crippen molar-refractivity contribution >= 4 is 21.8 Å². The molecule has 5 aromatic rings. The van der Waals surface area contributed by atoms with E-state index in [0.29, 0.717) is 11.1 Å². The lowest BCUT2D eigenvalue weighted by molar-refractivity contribution is 1.17. The van der Waals surface area contributed by atoms with Crippen molar-refractivity contribution in [2.45, 2.75) is 0 Å². The third-order valence-electron chi connectivity index (χ3n) is 5.17. The number of hydrogen-bond donors (Lipinski definition) is 0. The van der Waals surface area contributed by atoms with Crippen LogP contribution in [0.4, 0.5) is 0 Å². The summed E-state index contributed by atoms with van der Waals surface area (Å²) in [6, 6.07) is 30.4. The molecule has 2 aromatic heterocycles. The molecule has 0 saturated carbocycles. The second-order valence-electron chi connectivity index (χ2n) is 6.69. The summed E-state index contributed by atoms with van der Waals surface area (Å²) in [7, 11) is 0. The fraction of sp³-hybridized carbons (Fsp3) is 0. The average molecular weight is 370 g/mol. The van der Waals surface area contributed by atoms with E-state index in [0.717, 1.165) is 33.1 Å². The Labute approximate surface area is 167 Å². The molecule has 4 nitrogen and oxygen atoms in total. The zero-order valence-corrected chi connectivity index (χ0v) is 15.4. The maximum atomic E-state index is 9.67. The van der Waals surface area contributed by atoms with Gasteiger partial charge in [0.15, 0.2) is 0 Å². The van der Waals surface area contributed by atoms with E-state index in [9.17, 15) is 10.5 Å². The normalized spacial score (nSPS) is 10.7. The summed E-state index contributed by atoms with van der Waals surface area (Å²) >= 11 is 0. The Morgan fingerprint density at radius 2 is 1.31 bits per heavy atom. The lowest BCUT2D eigenvalue weighted by atomic mass is 9.97. The summed E-state index contributed by atoms with van der Waals surface area (Å²) in [5.41, 5.74) is 5.10. The Morgan fingerprint density at radius 1 is 0.690 bits per heavy atom. The molecule has 0 spiro atoms. The third kappa shape index (κ3) is 2.48. The molecular formula is C25H14N4. The molecule has 0 aliphatic heterocycles. The van der Waals surface area contributed by atoms with Gasteiger partial charge in [-0.05, 0) is 24.3 Å². The minimum atomic E-state index is 0.247. The van der Waals surface area contributed by atoms with Crippen molar-refractivity contribution in [2.24, 2.45) is 0 Å². The van der Waals surface area contributed by atoms with E-state index in [4.69, 9.17) is 0 Å². The molecule has 0 radical (unpaired) electrons. The molecule has 134 valence electrons. The minimum Gasteiger partial charge on any atom is -0.309 e. The number of benzene rings is 3. The summed E-state index contributed by atoms with van der Waals surface area (Å²) in [5, 5.41) is 21.6. The molecular weight excluding hydrogens is 356 g/mol. The van der Waals surface area contributed by atoms with Gasteiger partial charge in [-0.25, -0.2) is 4.98 Å². The molecule has 0 saturated heterocycles. The third-order valence-corrected chi connectivity index (χ3v) is 5.17. The zero-order valence-electron chi connectivity index (χ0n) is 15.4. The molecule has 0 amide bonds. The van der Waals surface area contributed by atoms with Crippen molar-refractivity contribution in [3.05, 3.63) is 96.3 Å². The van der Waals surface area contributed by atoms with Gasteiger partial charge < -0.3 is 4.57 Å². The van der Waals surface area contributed by atoms with E-state index in [-0.39, 0.29) is 5.69 Å². The highest BCUT2D eigenvalue weighted by Crippen LogP contribution is 2.37. The van der Waals surface area contributed by atoms with Gasteiger partial charge in [0.2, 0.25) is 0 Å². The molecule has 3 aromatic carbocycles. The monoisotopic (exact) mass is 370 g/mol. The van der Waals surface area contributed by atoms with Crippen LogP contribution < -0.4 is 0 Å². The Kier molecular flexibility index (Phi) is 3.83. The number of nitrogens with zero attached hydrogens (tertiary/aromatic N) is 4. The van der Waals surface area contributed by atoms with Crippen LogP contribution in [0.15, 0.2) is 85.1 Å². The van der Waals surface area contributed by atoms with Crippen LogP contribution in [-0.4, -0.2) is 9.55 Å². The predicted molar refractivity (Wildman–Crippen MR) is 113 cm³/mol. The summed E-state index contributed by atoms with van der Waals surface area (Å²) in [6.07, 6.45) is 1.50. The number of aromatic nitrogens is 2. The molecule has 0 atom stereocenters. The van der Waals surface area contributed by atoms with Crippen LogP contribution in [0.3, 0.4) is 0 Å². The largest absolute Gasteiger partial charge is 0.309 e. The highest BCUT2D eigenvalue weighted by Gasteiger charge is 2.19. The van der Waals surface area contributed by atoms with E-state index in [1.807, 2.05) is 48.5 Å². The number of para-hydroxylation sites is 3. The van der Waals surface area contributed by atoms with Gasteiger partial charge in [0.05, 0.1) is 28.4 Å². The standard InChI is InChI=1S/C25H14N4/c26-15-17-13-14-28-21(16-27)25(17)20-9-3-6-12-24(20)29-22-10-4-1-7-18(22)19-8-2-5-11-23(19)29/h1-14H. The Morgan fingerprint density at radius 3 is 1.97 bits per heavy atom. The van der Waals surface area contributed by atoms with Crippen LogP contribution in [-0.2, 0) is 0 Å². The highest BCUT2D eigenvalue weighted by atomic mass is 15.0. The fourth-order valence-electron chi connectivity index (χ4n) is 3.97. The van der Waals surface area contributed by atoms with Gasteiger partial charge in [-0.1, -0.05) is 54.6 Å². The zero-order chi connectivity index (χ0) is 19.8.